The number of fused-ring (bicyclic) bond motifs is 2. The van der Waals surface area contributed by atoms with Gasteiger partial charge in [-0.3, -0.25) is 9.78 Å². The Hall–Kier alpha value is -2.89. The van der Waals surface area contributed by atoms with E-state index in [0.29, 0.717) is 12.2 Å². The third-order valence-electron chi connectivity index (χ3n) is 5.03. The molecule has 4 rings (SSSR count). The molecule has 2 atom stereocenters. The summed E-state index contributed by atoms with van der Waals surface area (Å²) in [6.07, 6.45) is 2.52. The second-order valence-electron chi connectivity index (χ2n) is 6.71. The number of piperidine rings is 1. The Balaban J connectivity index is 1.54. The highest BCUT2D eigenvalue weighted by atomic mass is 16.2. The van der Waals surface area contributed by atoms with Gasteiger partial charge in [-0.05, 0) is 43.2 Å². The molecule has 1 aromatic heterocycles. The first kappa shape index (κ1) is 15.6. The molecule has 2 fully saturated rings. The van der Waals surface area contributed by atoms with Gasteiger partial charge in [0.1, 0.15) is 6.04 Å². The van der Waals surface area contributed by atoms with E-state index in [4.69, 9.17) is 0 Å². The molecular formula is C19H20N4O2. The van der Waals surface area contributed by atoms with Gasteiger partial charge in [0.05, 0.1) is 11.7 Å². The lowest BCUT2D eigenvalue weighted by molar-refractivity contribution is -0.151. The van der Waals surface area contributed by atoms with Gasteiger partial charge in [0.2, 0.25) is 5.91 Å². The number of amides is 3. The largest absolute Gasteiger partial charge is 0.342 e. The Morgan fingerprint density at radius 1 is 1.28 bits per heavy atom. The maximum atomic E-state index is 12.6. The number of aromatic nitrogens is 1. The van der Waals surface area contributed by atoms with Crippen LogP contribution >= 0.6 is 0 Å². The highest BCUT2D eigenvalue weighted by Gasteiger charge is 2.51. The number of rotatable bonds is 2. The number of anilines is 1. The molecule has 2 aliphatic rings. The molecule has 6 nitrogen and oxygen atoms in total. The molecule has 2 saturated heterocycles. The molecular weight excluding hydrogens is 316 g/mol. The molecule has 0 spiro atoms. The van der Waals surface area contributed by atoms with Crippen LogP contribution < -0.4 is 5.32 Å². The van der Waals surface area contributed by atoms with Crippen LogP contribution in [0.5, 0.6) is 0 Å². The third kappa shape index (κ3) is 2.63. The molecule has 128 valence electrons. The number of nitrogens with one attached hydrogen (secondary N) is 1. The van der Waals surface area contributed by atoms with E-state index in [1.807, 2.05) is 43.3 Å². The van der Waals surface area contributed by atoms with Gasteiger partial charge in [0.15, 0.2) is 0 Å². The van der Waals surface area contributed by atoms with Crippen molar-refractivity contribution in [3.63, 3.8) is 0 Å². The average Bonchev–Trinajstić information content (AvgIpc) is 2.59. The van der Waals surface area contributed by atoms with Crippen molar-refractivity contribution in [3.8, 4) is 11.3 Å². The van der Waals surface area contributed by atoms with Gasteiger partial charge in [-0.2, -0.15) is 0 Å². The van der Waals surface area contributed by atoms with Crippen molar-refractivity contribution in [1.29, 1.82) is 0 Å². The van der Waals surface area contributed by atoms with E-state index in [1.165, 1.54) is 0 Å². The molecule has 0 radical (unpaired) electrons. The van der Waals surface area contributed by atoms with Crippen molar-refractivity contribution in [3.05, 3.63) is 48.2 Å². The summed E-state index contributed by atoms with van der Waals surface area (Å²) >= 11 is 0. The fourth-order valence-corrected chi connectivity index (χ4v) is 3.64. The molecule has 2 bridgehead atoms. The monoisotopic (exact) mass is 336 g/mol. The fraction of sp³-hybridized carbons (Fsp3) is 0.316. The van der Waals surface area contributed by atoms with Crippen molar-refractivity contribution < 1.29 is 9.59 Å². The number of hydrogen-bond acceptors (Lipinski definition) is 3. The molecule has 6 heteroatoms. The number of aryl methyl sites for hydroxylation is 1. The van der Waals surface area contributed by atoms with Gasteiger partial charge in [0, 0.05) is 31.0 Å². The van der Waals surface area contributed by atoms with Crippen LogP contribution in [0.15, 0.2) is 42.6 Å². The van der Waals surface area contributed by atoms with Crippen LogP contribution in [-0.4, -0.2) is 52.4 Å². The SMILES string of the molecule is Cc1ccc(NC(=O)N2C3CC2C(=O)N(C)C3)cc1-c1ccccn1. The van der Waals surface area contributed by atoms with Gasteiger partial charge in [-0.15, -0.1) is 0 Å². The lowest BCUT2D eigenvalue weighted by Crippen LogP contribution is -2.72. The standard InChI is InChI=1S/C19H20N4O2/c1-12-6-7-13(9-15(12)16-5-3-4-8-20-16)21-19(25)23-14-10-17(23)18(24)22(2)11-14/h3-9,14,17H,10-11H2,1-2H3,(H,21,25). The number of likely N-dealkylation sites (tertiary alicyclic amines) is 2. The number of hydrogen-bond donors (Lipinski definition) is 1. The van der Waals surface area contributed by atoms with Gasteiger partial charge in [0.25, 0.3) is 0 Å². The van der Waals surface area contributed by atoms with Crippen molar-refractivity contribution in [1.82, 2.24) is 14.8 Å². The molecule has 0 saturated carbocycles. The van der Waals surface area contributed by atoms with Crippen LogP contribution in [0.3, 0.4) is 0 Å². The van der Waals surface area contributed by atoms with E-state index in [2.05, 4.69) is 10.3 Å². The first-order chi connectivity index (χ1) is 12.0. The van der Waals surface area contributed by atoms with E-state index in [0.717, 1.165) is 23.2 Å². The summed E-state index contributed by atoms with van der Waals surface area (Å²) in [6, 6.07) is 11.1. The predicted octanol–water partition coefficient (Wildman–Crippen LogP) is 2.50. The minimum Gasteiger partial charge on any atom is -0.342 e. The fourth-order valence-electron chi connectivity index (χ4n) is 3.64. The zero-order valence-electron chi connectivity index (χ0n) is 14.3. The molecule has 2 aliphatic heterocycles. The molecule has 3 amide bonds. The lowest BCUT2D eigenvalue weighted by atomic mass is 9.87. The quantitative estimate of drug-likeness (QED) is 0.916. The zero-order valence-corrected chi connectivity index (χ0v) is 14.3. The van der Waals surface area contributed by atoms with Gasteiger partial charge >= 0.3 is 6.03 Å². The summed E-state index contributed by atoms with van der Waals surface area (Å²) in [7, 11) is 1.79. The van der Waals surface area contributed by atoms with E-state index in [9.17, 15) is 9.59 Å². The lowest BCUT2D eigenvalue weighted by Gasteiger charge is -2.54. The Morgan fingerprint density at radius 2 is 2.12 bits per heavy atom. The summed E-state index contributed by atoms with van der Waals surface area (Å²) in [5, 5.41) is 2.93. The van der Waals surface area contributed by atoms with Gasteiger partial charge in [-0.1, -0.05) is 12.1 Å². The van der Waals surface area contributed by atoms with E-state index in [1.54, 1.807) is 23.0 Å². The van der Waals surface area contributed by atoms with Crippen LogP contribution in [-0.2, 0) is 4.79 Å². The summed E-state index contributed by atoms with van der Waals surface area (Å²) in [6.45, 7) is 2.62. The first-order valence-electron chi connectivity index (χ1n) is 8.41. The van der Waals surface area contributed by atoms with Crippen molar-refractivity contribution in [2.75, 3.05) is 18.9 Å². The normalized spacial score (nSPS) is 21.8. The Kier molecular flexibility index (Phi) is 3.67. The van der Waals surface area contributed by atoms with E-state index >= 15 is 0 Å². The Bertz CT molecular complexity index is 837. The second-order valence-corrected chi connectivity index (χ2v) is 6.71. The summed E-state index contributed by atoms with van der Waals surface area (Å²) in [5.74, 6) is 0.0238. The summed E-state index contributed by atoms with van der Waals surface area (Å²) in [5.41, 5.74) is 3.66. The Morgan fingerprint density at radius 3 is 2.84 bits per heavy atom. The van der Waals surface area contributed by atoms with Crippen LogP contribution in [0.2, 0.25) is 0 Å². The highest BCUT2D eigenvalue weighted by molar-refractivity contribution is 5.97. The van der Waals surface area contributed by atoms with Crippen molar-refractivity contribution in [2.45, 2.75) is 25.4 Å². The molecule has 25 heavy (non-hydrogen) atoms. The molecule has 2 aromatic rings. The molecule has 2 unspecified atom stereocenters. The second kappa shape index (κ2) is 5.88. The van der Waals surface area contributed by atoms with Crippen molar-refractivity contribution in [2.24, 2.45) is 0 Å². The van der Waals surface area contributed by atoms with E-state index in [-0.39, 0.29) is 24.0 Å². The minimum atomic E-state index is -0.315. The number of benzene rings is 1. The number of urea groups is 1. The number of carbonyl (C=O) groups is 2. The number of likely N-dealkylation sites (N-methyl/N-ethyl adjacent to an activating group) is 1. The highest BCUT2D eigenvalue weighted by Crippen LogP contribution is 2.33. The molecule has 1 aromatic carbocycles. The van der Waals surface area contributed by atoms with Crippen LogP contribution in [0.4, 0.5) is 10.5 Å². The maximum Gasteiger partial charge on any atom is 0.322 e. The maximum absolute atomic E-state index is 12.6. The van der Waals surface area contributed by atoms with Crippen molar-refractivity contribution >= 4 is 17.6 Å². The molecule has 0 aliphatic carbocycles. The predicted molar refractivity (Wildman–Crippen MR) is 95.1 cm³/mol. The third-order valence-corrected chi connectivity index (χ3v) is 5.03. The average molecular weight is 336 g/mol. The number of carbonyl (C=O) groups excluding carboxylic acids is 2. The minimum absolute atomic E-state index is 0.0238. The summed E-state index contributed by atoms with van der Waals surface area (Å²) in [4.78, 5) is 32.5. The van der Waals surface area contributed by atoms with Crippen LogP contribution in [0.1, 0.15) is 12.0 Å². The van der Waals surface area contributed by atoms with E-state index < -0.39 is 0 Å². The zero-order chi connectivity index (χ0) is 17.6. The topological polar surface area (TPSA) is 65.5 Å². The summed E-state index contributed by atoms with van der Waals surface area (Å²) < 4.78 is 0. The van der Waals surface area contributed by atoms with Crippen LogP contribution in [0.25, 0.3) is 11.3 Å². The van der Waals surface area contributed by atoms with Gasteiger partial charge in [-0.25, -0.2) is 4.79 Å². The molecule has 3 heterocycles. The number of nitrogens with zero attached hydrogens (tertiary/aromatic N) is 3. The number of pyridine rings is 1. The Labute approximate surface area is 146 Å². The first-order valence-corrected chi connectivity index (χ1v) is 8.41. The smallest absolute Gasteiger partial charge is 0.322 e. The van der Waals surface area contributed by atoms with Gasteiger partial charge < -0.3 is 15.1 Å². The van der Waals surface area contributed by atoms with Crippen LogP contribution in [0, 0.1) is 6.92 Å². The number of piperazine rings is 1. The molecule has 1 N–H and O–H groups in total.